The van der Waals surface area contributed by atoms with Crippen LogP contribution in [0, 0.1) is 6.92 Å². The number of aryl methyl sites for hydroxylation is 1. The van der Waals surface area contributed by atoms with E-state index in [1.165, 1.54) is 12.1 Å². The predicted molar refractivity (Wildman–Crippen MR) is 92.9 cm³/mol. The molecule has 0 saturated heterocycles. The summed E-state index contributed by atoms with van der Waals surface area (Å²) in [5.74, 6) is -0.784. The van der Waals surface area contributed by atoms with Crippen molar-refractivity contribution in [1.29, 1.82) is 0 Å². The third-order valence-electron chi connectivity index (χ3n) is 3.48. The normalized spacial score (nSPS) is 9.88. The molecule has 0 radical (unpaired) electrons. The highest BCUT2D eigenvalue weighted by atomic mass is 16.2. The highest BCUT2D eigenvalue weighted by Crippen LogP contribution is 2.15. The molecule has 0 heterocycles. The first kappa shape index (κ1) is 17.1. The van der Waals surface area contributed by atoms with Crippen LogP contribution in [0.4, 0.5) is 5.69 Å². The quantitative estimate of drug-likeness (QED) is 0.656. The van der Waals surface area contributed by atoms with Gasteiger partial charge in [-0.25, -0.2) is 0 Å². The van der Waals surface area contributed by atoms with Crippen LogP contribution in [0.3, 0.4) is 0 Å². The Morgan fingerprint density at radius 1 is 1.17 bits per heavy atom. The fourth-order valence-corrected chi connectivity index (χ4v) is 2.19. The van der Waals surface area contributed by atoms with Crippen molar-refractivity contribution in [3.05, 3.63) is 77.9 Å². The summed E-state index contributed by atoms with van der Waals surface area (Å²) in [6.07, 6.45) is 1.92. The summed E-state index contributed by atoms with van der Waals surface area (Å²) in [5, 5.41) is 2.76. The van der Waals surface area contributed by atoms with E-state index in [1.807, 2.05) is 18.2 Å². The van der Waals surface area contributed by atoms with E-state index >= 15 is 0 Å². The van der Waals surface area contributed by atoms with Crippen LogP contribution in [-0.4, -0.2) is 29.7 Å². The van der Waals surface area contributed by atoms with Gasteiger partial charge in [-0.05, 0) is 36.8 Å². The van der Waals surface area contributed by atoms with E-state index in [9.17, 15) is 14.4 Å². The molecule has 0 aromatic heterocycles. The Morgan fingerprint density at radius 2 is 1.88 bits per heavy atom. The Balaban J connectivity index is 2.27. The lowest BCUT2D eigenvalue weighted by atomic mass is 10.0. The molecule has 0 aliphatic rings. The van der Waals surface area contributed by atoms with Gasteiger partial charge in [0.15, 0.2) is 0 Å². The summed E-state index contributed by atoms with van der Waals surface area (Å²) in [6, 6.07) is 13.9. The number of amides is 3. The van der Waals surface area contributed by atoms with Crippen LogP contribution >= 0.6 is 0 Å². The van der Waals surface area contributed by atoms with Crippen molar-refractivity contribution in [1.82, 2.24) is 4.90 Å². The minimum atomic E-state index is -0.461. The van der Waals surface area contributed by atoms with Gasteiger partial charge in [-0.2, -0.15) is 0 Å². The van der Waals surface area contributed by atoms with E-state index in [1.54, 1.807) is 31.2 Å². The van der Waals surface area contributed by atoms with E-state index in [2.05, 4.69) is 11.9 Å². The van der Waals surface area contributed by atoms with E-state index < -0.39 is 5.91 Å². The van der Waals surface area contributed by atoms with Crippen LogP contribution in [0.25, 0.3) is 0 Å². The lowest BCUT2D eigenvalue weighted by molar-refractivity contribution is -0.115. The number of nitrogens with zero attached hydrogens (tertiary/aromatic N) is 1. The molecule has 0 bridgehead atoms. The standard InChI is InChI=1S/C19H18N2O3/c1-3-11-21(13-22)19(24)17-12-15(10-9-14(17)2)18(23)20-16-7-5-4-6-8-16/h3-10,12-13H,1,11H2,2H3,(H,20,23). The summed E-state index contributed by atoms with van der Waals surface area (Å²) in [4.78, 5) is 36.8. The molecular formula is C19H18N2O3. The van der Waals surface area contributed by atoms with Crippen molar-refractivity contribution >= 4 is 23.9 Å². The number of nitrogens with one attached hydrogen (secondary N) is 1. The second-order valence-electron chi connectivity index (χ2n) is 5.20. The van der Waals surface area contributed by atoms with Gasteiger partial charge < -0.3 is 5.32 Å². The van der Waals surface area contributed by atoms with Gasteiger partial charge in [0.05, 0.1) is 0 Å². The maximum Gasteiger partial charge on any atom is 0.260 e. The van der Waals surface area contributed by atoms with Gasteiger partial charge in [0, 0.05) is 23.4 Å². The number of imide groups is 1. The Labute approximate surface area is 140 Å². The second kappa shape index (κ2) is 7.87. The Morgan fingerprint density at radius 3 is 2.50 bits per heavy atom. The first-order chi connectivity index (χ1) is 11.6. The van der Waals surface area contributed by atoms with Crippen molar-refractivity contribution < 1.29 is 14.4 Å². The zero-order valence-corrected chi connectivity index (χ0v) is 13.4. The van der Waals surface area contributed by atoms with Crippen LogP contribution in [0.1, 0.15) is 26.3 Å². The monoisotopic (exact) mass is 322 g/mol. The lowest BCUT2D eigenvalue weighted by Gasteiger charge is -2.15. The molecule has 2 rings (SSSR count). The fraction of sp³-hybridized carbons (Fsp3) is 0.105. The maximum atomic E-state index is 12.4. The number of hydrogen-bond acceptors (Lipinski definition) is 3. The van der Waals surface area contributed by atoms with Crippen LogP contribution in [0.5, 0.6) is 0 Å². The molecule has 5 heteroatoms. The average Bonchev–Trinajstić information content (AvgIpc) is 2.60. The molecule has 2 aromatic carbocycles. The Kier molecular flexibility index (Phi) is 5.63. The third kappa shape index (κ3) is 3.95. The van der Waals surface area contributed by atoms with Crippen LogP contribution < -0.4 is 5.32 Å². The van der Waals surface area contributed by atoms with Gasteiger partial charge in [-0.1, -0.05) is 30.3 Å². The molecule has 122 valence electrons. The molecule has 0 aliphatic heterocycles. The number of carbonyl (C=O) groups excluding carboxylic acids is 3. The van der Waals surface area contributed by atoms with E-state index in [0.29, 0.717) is 28.8 Å². The number of para-hydroxylation sites is 1. The van der Waals surface area contributed by atoms with Crippen LogP contribution in [-0.2, 0) is 4.79 Å². The topological polar surface area (TPSA) is 66.5 Å². The highest BCUT2D eigenvalue weighted by Gasteiger charge is 2.18. The first-order valence-corrected chi connectivity index (χ1v) is 7.41. The molecule has 0 aliphatic carbocycles. The SMILES string of the molecule is C=CCN(C=O)C(=O)c1cc(C(=O)Nc2ccccc2)ccc1C. The van der Waals surface area contributed by atoms with E-state index in [4.69, 9.17) is 0 Å². The summed E-state index contributed by atoms with van der Waals surface area (Å²) < 4.78 is 0. The predicted octanol–water partition coefficient (Wildman–Crippen LogP) is 3.03. The smallest absolute Gasteiger partial charge is 0.260 e. The van der Waals surface area contributed by atoms with E-state index in [-0.39, 0.29) is 12.5 Å². The highest BCUT2D eigenvalue weighted by molar-refractivity contribution is 6.07. The maximum absolute atomic E-state index is 12.4. The molecule has 2 aromatic rings. The van der Waals surface area contributed by atoms with Gasteiger partial charge in [0.1, 0.15) is 0 Å². The van der Waals surface area contributed by atoms with Crippen LogP contribution in [0.15, 0.2) is 61.2 Å². The first-order valence-electron chi connectivity index (χ1n) is 7.41. The number of rotatable bonds is 6. The van der Waals surface area contributed by atoms with Gasteiger partial charge in [-0.3, -0.25) is 19.3 Å². The molecule has 0 atom stereocenters. The molecule has 0 unspecified atom stereocenters. The van der Waals surface area contributed by atoms with Crippen LogP contribution in [0.2, 0.25) is 0 Å². The molecule has 5 nitrogen and oxygen atoms in total. The summed E-state index contributed by atoms with van der Waals surface area (Å²) >= 11 is 0. The molecule has 0 fully saturated rings. The Hall–Kier alpha value is -3.21. The van der Waals surface area contributed by atoms with Gasteiger partial charge in [0.2, 0.25) is 6.41 Å². The lowest BCUT2D eigenvalue weighted by Crippen LogP contribution is -2.30. The van der Waals surface area contributed by atoms with Gasteiger partial charge in [-0.15, -0.1) is 6.58 Å². The number of benzene rings is 2. The van der Waals surface area contributed by atoms with Gasteiger partial charge in [0.25, 0.3) is 11.8 Å². The average molecular weight is 322 g/mol. The molecular weight excluding hydrogens is 304 g/mol. The molecule has 24 heavy (non-hydrogen) atoms. The summed E-state index contributed by atoms with van der Waals surface area (Å²) in [5.41, 5.74) is 2.01. The largest absolute Gasteiger partial charge is 0.322 e. The number of hydrogen-bond donors (Lipinski definition) is 1. The Bertz CT molecular complexity index is 769. The summed E-state index contributed by atoms with van der Waals surface area (Å²) in [6.45, 7) is 5.39. The molecule has 3 amide bonds. The van der Waals surface area contributed by atoms with Crippen molar-refractivity contribution in [2.24, 2.45) is 0 Å². The van der Waals surface area contributed by atoms with Crippen molar-refractivity contribution in [3.8, 4) is 0 Å². The third-order valence-corrected chi connectivity index (χ3v) is 3.48. The zero-order valence-electron chi connectivity index (χ0n) is 13.4. The second-order valence-corrected chi connectivity index (χ2v) is 5.20. The molecule has 0 spiro atoms. The minimum absolute atomic E-state index is 0.113. The summed E-state index contributed by atoms with van der Waals surface area (Å²) in [7, 11) is 0. The minimum Gasteiger partial charge on any atom is -0.322 e. The van der Waals surface area contributed by atoms with Crippen molar-refractivity contribution in [3.63, 3.8) is 0 Å². The molecule has 0 saturated carbocycles. The number of carbonyl (C=O) groups is 3. The fourth-order valence-electron chi connectivity index (χ4n) is 2.19. The van der Waals surface area contributed by atoms with Crippen molar-refractivity contribution in [2.75, 3.05) is 11.9 Å². The number of anilines is 1. The van der Waals surface area contributed by atoms with Gasteiger partial charge >= 0.3 is 0 Å². The molecule has 1 N–H and O–H groups in total. The van der Waals surface area contributed by atoms with Crippen molar-refractivity contribution in [2.45, 2.75) is 6.92 Å². The zero-order chi connectivity index (χ0) is 17.5. The van der Waals surface area contributed by atoms with E-state index in [0.717, 1.165) is 4.90 Å².